The second-order valence-electron chi connectivity index (χ2n) is 5.40. The van der Waals surface area contributed by atoms with Gasteiger partial charge in [0, 0.05) is 18.8 Å². The zero-order valence-electron chi connectivity index (χ0n) is 13.6. The van der Waals surface area contributed by atoms with E-state index in [1.54, 1.807) is 36.1 Å². The Bertz CT molecular complexity index is 536. The van der Waals surface area contributed by atoms with Crippen molar-refractivity contribution in [1.29, 1.82) is 0 Å². The molecule has 0 aromatic heterocycles. The van der Waals surface area contributed by atoms with E-state index in [1.165, 1.54) is 0 Å². The van der Waals surface area contributed by atoms with E-state index in [2.05, 4.69) is 5.32 Å². The van der Waals surface area contributed by atoms with Crippen molar-refractivity contribution in [3.63, 3.8) is 0 Å². The van der Waals surface area contributed by atoms with Crippen molar-refractivity contribution in [2.45, 2.75) is 33.0 Å². The van der Waals surface area contributed by atoms with Crippen LogP contribution in [0.4, 0.5) is 15.3 Å². The molecule has 1 saturated heterocycles. The molecular formula is C16H22N2O5. The number of nitrogens with one attached hydrogen (secondary N) is 1. The predicted molar refractivity (Wildman–Crippen MR) is 84.7 cm³/mol. The van der Waals surface area contributed by atoms with E-state index in [4.69, 9.17) is 14.2 Å². The van der Waals surface area contributed by atoms with Gasteiger partial charge < -0.3 is 24.4 Å². The number of benzene rings is 1. The van der Waals surface area contributed by atoms with Crippen LogP contribution in [0.15, 0.2) is 24.3 Å². The van der Waals surface area contributed by atoms with Crippen molar-refractivity contribution in [3.8, 4) is 5.75 Å². The fraction of sp³-hybridized carbons (Fsp3) is 0.500. The third-order valence-corrected chi connectivity index (χ3v) is 3.28. The van der Waals surface area contributed by atoms with E-state index in [1.807, 2.05) is 13.8 Å². The topological polar surface area (TPSA) is 77.1 Å². The quantitative estimate of drug-likeness (QED) is 0.684. The number of morpholine rings is 1. The zero-order valence-corrected chi connectivity index (χ0v) is 13.6. The lowest BCUT2D eigenvalue weighted by Crippen LogP contribution is -2.49. The fourth-order valence-electron chi connectivity index (χ4n) is 2.40. The number of nitrogens with zero attached hydrogens (tertiary/aromatic N) is 1. The van der Waals surface area contributed by atoms with Crippen LogP contribution < -0.4 is 10.1 Å². The van der Waals surface area contributed by atoms with Gasteiger partial charge >= 0.3 is 12.2 Å². The first-order valence-corrected chi connectivity index (χ1v) is 7.64. The second kappa shape index (κ2) is 7.82. The highest BCUT2D eigenvalue weighted by atomic mass is 16.7. The highest BCUT2D eigenvalue weighted by Crippen LogP contribution is 2.18. The lowest BCUT2D eigenvalue weighted by Gasteiger charge is -2.35. The van der Waals surface area contributed by atoms with Crippen LogP contribution in [-0.2, 0) is 9.47 Å². The number of anilines is 1. The summed E-state index contributed by atoms with van der Waals surface area (Å²) in [5, 5.41) is 2.82. The van der Waals surface area contributed by atoms with Crippen molar-refractivity contribution < 1.29 is 23.8 Å². The average molecular weight is 322 g/mol. The summed E-state index contributed by atoms with van der Waals surface area (Å²) in [4.78, 5) is 25.2. The van der Waals surface area contributed by atoms with Crippen molar-refractivity contribution in [1.82, 2.24) is 4.90 Å². The number of carbonyl (C=O) groups excluding carboxylic acids is 2. The SMILES string of the molecule is CCOC(=O)Oc1ccc(NC(=O)N2CC(C)OC(C)C2)cc1. The number of amides is 2. The third-order valence-electron chi connectivity index (χ3n) is 3.28. The van der Waals surface area contributed by atoms with Gasteiger partial charge in [0.25, 0.3) is 0 Å². The minimum absolute atomic E-state index is 0.0184. The lowest BCUT2D eigenvalue weighted by atomic mass is 10.2. The molecule has 1 heterocycles. The fourth-order valence-corrected chi connectivity index (χ4v) is 2.40. The summed E-state index contributed by atoms with van der Waals surface area (Å²) in [6, 6.07) is 6.35. The molecule has 7 heteroatoms. The Hall–Kier alpha value is -2.28. The van der Waals surface area contributed by atoms with Crippen LogP contribution in [0.25, 0.3) is 0 Å². The normalized spacial score (nSPS) is 20.7. The van der Waals surface area contributed by atoms with Gasteiger partial charge in [-0.05, 0) is 45.0 Å². The van der Waals surface area contributed by atoms with Gasteiger partial charge in [-0.3, -0.25) is 0 Å². The highest BCUT2D eigenvalue weighted by molar-refractivity contribution is 5.89. The lowest BCUT2D eigenvalue weighted by molar-refractivity contribution is -0.0530. The Kier molecular flexibility index (Phi) is 5.81. The molecule has 0 aliphatic carbocycles. The molecule has 0 radical (unpaired) electrons. The molecule has 1 fully saturated rings. The maximum absolute atomic E-state index is 12.3. The monoisotopic (exact) mass is 322 g/mol. The van der Waals surface area contributed by atoms with E-state index in [9.17, 15) is 9.59 Å². The van der Waals surface area contributed by atoms with Crippen LogP contribution >= 0.6 is 0 Å². The van der Waals surface area contributed by atoms with Crippen molar-refractivity contribution in [2.24, 2.45) is 0 Å². The second-order valence-corrected chi connectivity index (χ2v) is 5.40. The molecule has 0 saturated carbocycles. The molecule has 126 valence electrons. The number of carbonyl (C=O) groups is 2. The van der Waals surface area contributed by atoms with Crippen LogP contribution in [0.1, 0.15) is 20.8 Å². The molecule has 2 unspecified atom stereocenters. The van der Waals surface area contributed by atoms with Gasteiger partial charge in [0.2, 0.25) is 0 Å². The van der Waals surface area contributed by atoms with E-state index in [-0.39, 0.29) is 24.8 Å². The summed E-state index contributed by atoms with van der Waals surface area (Å²) in [6.07, 6.45) is -0.713. The first kappa shape index (κ1) is 17.1. The molecule has 1 aromatic carbocycles. The number of ether oxygens (including phenoxy) is 3. The summed E-state index contributed by atoms with van der Waals surface area (Å²) in [5.74, 6) is 0.357. The largest absolute Gasteiger partial charge is 0.513 e. The van der Waals surface area contributed by atoms with E-state index in [0.717, 1.165) is 0 Å². The standard InChI is InChI=1S/C16H22N2O5/c1-4-21-16(20)23-14-7-5-13(6-8-14)17-15(19)18-9-11(2)22-12(3)10-18/h5-8,11-12H,4,9-10H2,1-3H3,(H,17,19). The van der Waals surface area contributed by atoms with Gasteiger partial charge in [0.15, 0.2) is 0 Å². The number of hydrogen-bond donors (Lipinski definition) is 1. The molecule has 23 heavy (non-hydrogen) atoms. The van der Waals surface area contributed by atoms with E-state index in [0.29, 0.717) is 24.5 Å². The van der Waals surface area contributed by atoms with Crippen molar-refractivity contribution >= 4 is 17.9 Å². The molecule has 1 aliphatic heterocycles. The van der Waals surface area contributed by atoms with Crippen LogP contribution in [0.3, 0.4) is 0 Å². The van der Waals surface area contributed by atoms with Crippen LogP contribution in [-0.4, -0.2) is 49.0 Å². The van der Waals surface area contributed by atoms with Gasteiger partial charge in [-0.1, -0.05) is 0 Å². The van der Waals surface area contributed by atoms with Crippen LogP contribution in [0.2, 0.25) is 0 Å². The molecule has 2 atom stereocenters. The van der Waals surface area contributed by atoms with E-state index >= 15 is 0 Å². The maximum Gasteiger partial charge on any atom is 0.513 e. The Morgan fingerprint density at radius 2 is 1.83 bits per heavy atom. The number of rotatable bonds is 3. The molecule has 1 aromatic rings. The molecule has 7 nitrogen and oxygen atoms in total. The number of urea groups is 1. The van der Waals surface area contributed by atoms with Crippen LogP contribution in [0.5, 0.6) is 5.75 Å². The Balaban J connectivity index is 1.90. The number of hydrogen-bond acceptors (Lipinski definition) is 5. The third kappa shape index (κ3) is 5.14. The van der Waals surface area contributed by atoms with Crippen LogP contribution in [0, 0.1) is 0 Å². The molecule has 1 N–H and O–H groups in total. The molecule has 1 aliphatic rings. The van der Waals surface area contributed by atoms with Gasteiger partial charge in [-0.15, -0.1) is 0 Å². The summed E-state index contributed by atoms with van der Waals surface area (Å²) < 4.78 is 15.3. The zero-order chi connectivity index (χ0) is 16.8. The van der Waals surface area contributed by atoms with Gasteiger partial charge in [0.05, 0.1) is 18.8 Å². The van der Waals surface area contributed by atoms with Gasteiger partial charge in [-0.2, -0.15) is 0 Å². The van der Waals surface area contributed by atoms with E-state index < -0.39 is 6.16 Å². The Morgan fingerprint density at radius 3 is 2.39 bits per heavy atom. The first-order chi connectivity index (χ1) is 11.0. The molecule has 2 rings (SSSR count). The smallest absolute Gasteiger partial charge is 0.434 e. The predicted octanol–water partition coefficient (Wildman–Crippen LogP) is 2.86. The minimum Gasteiger partial charge on any atom is -0.434 e. The average Bonchev–Trinajstić information content (AvgIpc) is 2.48. The van der Waals surface area contributed by atoms with Crippen molar-refractivity contribution in [2.75, 3.05) is 25.0 Å². The Labute approximate surface area is 135 Å². The van der Waals surface area contributed by atoms with Crippen molar-refractivity contribution in [3.05, 3.63) is 24.3 Å². The summed E-state index contributed by atoms with van der Waals surface area (Å²) in [5.41, 5.74) is 0.623. The Morgan fingerprint density at radius 1 is 1.22 bits per heavy atom. The molecule has 2 amide bonds. The van der Waals surface area contributed by atoms with Gasteiger partial charge in [-0.25, -0.2) is 9.59 Å². The maximum atomic E-state index is 12.3. The van der Waals surface area contributed by atoms with Gasteiger partial charge in [0.1, 0.15) is 5.75 Å². The molecule has 0 bridgehead atoms. The molecule has 0 spiro atoms. The summed E-state index contributed by atoms with van der Waals surface area (Å²) in [7, 11) is 0. The highest BCUT2D eigenvalue weighted by Gasteiger charge is 2.25. The summed E-state index contributed by atoms with van der Waals surface area (Å²) >= 11 is 0. The summed E-state index contributed by atoms with van der Waals surface area (Å²) in [6.45, 7) is 6.95. The molecular weight excluding hydrogens is 300 g/mol. The first-order valence-electron chi connectivity index (χ1n) is 7.64. The minimum atomic E-state index is -0.749.